The smallest absolute Gasteiger partial charge is 0.317 e. The molecule has 2 nitrogen and oxygen atoms in total. The summed E-state index contributed by atoms with van der Waals surface area (Å²) in [5, 5.41) is 6.71. The molecule has 1 unspecified atom stereocenters. The molecule has 0 bridgehead atoms. The molecular weight excluding hydrogens is 241 g/mol. The van der Waals surface area contributed by atoms with Crippen molar-refractivity contribution in [2.24, 2.45) is 0 Å². The molecule has 1 aliphatic heterocycles. The fourth-order valence-electron chi connectivity index (χ4n) is 2.34. The van der Waals surface area contributed by atoms with E-state index >= 15 is 0 Å². The Morgan fingerprint density at radius 1 is 1.06 bits per heavy atom. The first-order valence-electron chi connectivity index (χ1n) is 7.09. The van der Waals surface area contributed by atoms with Crippen molar-refractivity contribution in [3.63, 3.8) is 0 Å². The lowest BCUT2D eigenvalue weighted by atomic mass is 10.0. The van der Waals surface area contributed by atoms with Gasteiger partial charge < -0.3 is 10.6 Å². The molecule has 1 atom stereocenters. The van der Waals surface area contributed by atoms with Crippen molar-refractivity contribution in [1.29, 1.82) is 0 Å². The van der Waals surface area contributed by atoms with Gasteiger partial charge in [0.1, 0.15) is 0 Å². The number of rotatable bonds is 8. The van der Waals surface area contributed by atoms with Crippen molar-refractivity contribution in [2.45, 2.75) is 63.6 Å². The summed E-state index contributed by atoms with van der Waals surface area (Å²) in [6, 6.07) is 0.658. The second-order valence-corrected chi connectivity index (χ2v) is 5.11. The Morgan fingerprint density at radius 2 is 1.83 bits per heavy atom. The van der Waals surface area contributed by atoms with Gasteiger partial charge in [-0.15, -0.1) is 0 Å². The number of alkyl halides is 3. The summed E-state index contributed by atoms with van der Waals surface area (Å²) in [5.74, 6) is 0. The molecule has 0 aromatic rings. The van der Waals surface area contributed by atoms with E-state index in [1.165, 1.54) is 25.7 Å². The van der Waals surface area contributed by atoms with E-state index in [4.69, 9.17) is 0 Å². The van der Waals surface area contributed by atoms with Crippen LogP contribution in [0.2, 0.25) is 0 Å². The van der Waals surface area contributed by atoms with Gasteiger partial charge >= 0.3 is 6.18 Å². The lowest BCUT2D eigenvalue weighted by molar-refractivity contribution is -0.135. The summed E-state index contributed by atoms with van der Waals surface area (Å²) in [5.41, 5.74) is 0. The van der Waals surface area contributed by atoms with E-state index in [1.54, 1.807) is 0 Å². The van der Waals surface area contributed by atoms with Gasteiger partial charge in [-0.25, -0.2) is 0 Å². The van der Waals surface area contributed by atoms with Crippen molar-refractivity contribution >= 4 is 0 Å². The lowest BCUT2D eigenvalue weighted by Crippen LogP contribution is -2.34. The highest BCUT2D eigenvalue weighted by atomic mass is 19.4. The molecule has 108 valence electrons. The topological polar surface area (TPSA) is 24.1 Å². The molecule has 0 saturated carbocycles. The predicted molar refractivity (Wildman–Crippen MR) is 67.7 cm³/mol. The molecule has 1 aliphatic rings. The molecule has 0 aliphatic carbocycles. The second kappa shape index (κ2) is 8.75. The van der Waals surface area contributed by atoms with Crippen molar-refractivity contribution in [2.75, 3.05) is 19.6 Å². The highest BCUT2D eigenvalue weighted by Crippen LogP contribution is 2.21. The molecule has 1 saturated heterocycles. The first-order valence-corrected chi connectivity index (χ1v) is 7.09. The van der Waals surface area contributed by atoms with Gasteiger partial charge in [-0.2, -0.15) is 13.2 Å². The molecule has 18 heavy (non-hydrogen) atoms. The van der Waals surface area contributed by atoms with E-state index in [9.17, 15) is 13.2 Å². The van der Waals surface area contributed by atoms with Crippen LogP contribution in [-0.2, 0) is 0 Å². The van der Waals surface area contributed by atoms with E-state index in [1.807, 2.05) is 0 Å². The SMILES string of the molecule is FC(F)(F)CCCCNCCCC1CCCCN1. The summed E-state index contributed by atoms with van der Waals surface area (Å²) >= 11 is 0. The van der Waals surface area contributed by atoms with Crippen LogP contribution in [0.15, 0.2) is 0 Å². The largest absolute Gasteiger partial charge is 0.389 e. The molecule has 1 rings (SSSR count). The number of nitrogens with one attached hydrogen (secondary N) is 2. The molecule has 0 aromatic carbocycles. The summed E-state index contributed by atoms with van der Waals surface area (Å²) in [7, 11) is 0. The summed E-state index contributed by atoms with van der Waals surface area (Å²) in [6.45, 7) is 2.76. The third-order valence-corrected chi connectivity index (χ3v) is 3.38. The zero-order valence-corrected chi connectivity index (χ0v) is 11.0. The summed E-state index contributed by atoms with van der Waals surface area (Å²) in [4.78, 5) is 0. The normalized spacial score (nSPS) is 21.2. The van der Waals surface area contributed by atoms with Gasteiger partial charge in [0.15, 0.2) is 0 Å². The number of hydrogen-bond donors (Lipinski definition) is 2. The number of unbranched alkanes of at least 4 members (excludes halogenated alkanes) is 1. The van der Waals surface area contributed by atoms with E-state index in [0.29, 0.717) is 19.0 Å². The van der Waals surface area contributed by atoms with Crippen LogP contribution in [-0.4, -0.2) is 31.9 Å². The molecule has 5 heteroatoms. The highest BCUT2D eigenvalue weighted by molar-refractivity contribution is 4.72. The molecule has 1 heterocycles. The van der Waals surface area contributed by atoms with E-state index in [2.05, 4.69) is 10.6 Å². The molecule has 0 amide bonds. The Bertz CT molecular complexity index is 201. The van der Waals surface area contributed by atoms with Crippen LogP contribution in [0, 0.1) is 0 Å². The predicted octanol–water partition coefficient (Wildman–Crippen LogP) is 3.23. The molecule has 2 N–H and O–H groups in total. The minimum absolute atomic E-state index is 0.237. The standard InChI is InChI=1S/C13H25F3N2/c14-13(15,16)8-2-4-9-17-10-5-7-12-6-1-3-11-18-12/h12,17-18H,1-11H2. The van der Waals surface area contributed by atoms with Crippen LogP contribution >= 0.6 is 0 Å². The zero-order valence-electron chi connectivity index (χ0n) is 11.0. The average Bonchev–Trinajstić information content (AvgIpc) is 2.32. The Labute approximate surface area is 108 Å². The van der Waals surface area contributed by atoms with Gasteiger partial charge in [0.25, 0.3) is 0 Å². The summed E-state index contributed by atoms with van der Waals surface area (Å²) in [6.07, 6.45) is 2.36. The highest BCUT2D eigenvalue weighted by Gasteiger charge is 2.25. The minimum atomic E-state index is -3.99. The number of halogens is 3. The molecular formula is C13H25F3N2. The maximum absolute atomic E-state index is 11.9. The first-order chi connectivity index (χ1) is 8.58. The van der Waals surface area contributed by atoms with Crippen LogP contribution in [0.4, 0.5) is 13.2 Å². The van der Waals surface area contributed by atoms with E-state index < -0.39 is 12.6 Å². The fraction of sp³-hybridized carbons (Fsp3) is 1.00. The molecule has 0 spiro atoms. The number of hydrogen-bond acceptors (Lipinski definition) is 2. The van der Waals surface area contributed by atoms with Gasteiger partial charge in [0.05, 0.1) is 0 Å². The maximum Gasteiger partial charge on any atom is 0.389 e. The van der Waals surface area contributed by atoms with Gasteiger partial charge in [-0.3, -0.25) is 0 Å². The van der Waals surface area contributed by atoms with Crippen LogP contribution in [0.3, 0.4) is 0 Å². The van der Waals surface area contributed by atoms with Gasteiger partial charge in [0.2, 0.25) is 0 Å². The Balaban J connectivity index is 1.81. The maximum atomic E-state index is 11.9. The lowest BCUT2D eigenvalue weighted by Gasteiger charge is -2.23. The molecule has 0 radical (unpaired) electrons. The van der Waals surface area contributed by atoms with E-state index in [-0.39, 0.29) is 6.42 Å². The Kier molecular flexibility index (Phi) is 7.66. The monoisotopic (exact) mass is 266 g/mol. The average molecular weight is 266 g/mol. The first kappa shape index (κ1) is 15.8. The second-order valence-electron chi connectivity index (χ2n) is 5.11. The van der Waals surface area contributed by atoms with Gasteiger partial charge in [-0.1, -0.05) is 6.42 Å². The Hall–Kier alpha value is -0.290. The van der Waals surface area contributed by atoms with Crippen LogP contribution < -0.4 is 10.6 Å². The fourth-order valence-corrected chi connectivity index (χ4v) is 2.34. The molecule has 1 fully saturated rings. The minimum Gasteiger partial charge on any atom is -0.317 e. The quantitative estimate of drug-likeness (QED) is 0.659. The van der Waals surface area contributed by atoms with Crippen LogP contribution in [0.1, 0.15) is 51.4 Å². The Morgan fingerprint density at radius 3 is 2.50 bits per heavy atom. The van der Waals surface area contributed by atoms with Gasteiger partial charge in [-0.05, 0) is 58.2 Å². The van der Waals surface area contributed by atoms with Crippen molar-refractivity contribution in [3.05, 3.63) is 0 Å². The van der Waals surface area contributed by atoms with E-state index in [0.717, 1.165) is 19.5 Å². The third kappa shape index (κ3) is 8.75. The zero-order chi connectivity index (χ0) is 13.3. The van der Waals surface area contributed by atoms with Gasteiger partial charge in [0, 0.05) is 12.5 Å². The van der Waals surface area contributed by atoms with Crippen molar-refractivity contribution < 1.29 is 13.2 Å². The summed E-state index contributed by atoms with van der Waals surface area (Å²) < 4.78 is 35.6. The molecule has 0 aromatic heterocycles. The van der Waals surface area contributed by atoms with Crippen molar-refractivity contribution in [3.8, 4) is 0 Å². The van der Waals surface area contributed by atoms with Crippen LogP contribution in [0.5, 0.6) is 0 Å². The van der Waals surface area contributed by atoms with Crippen molar-refractivity contribution in [1.82, 2.24) is 10.6 Å². The number of piperidine rings is 1. The van der Waals surface area contributed by atoms with Crippen LogP contribution in [0.25, 0.3) is 0 Å². The third-order valence-electron chi connectivity index (χ3n) is 3.38.